The van der Waals surface area contributed by atoms with Gasteiger partial charge in [0, 0.05) is 31.7 Å². The van der Waals surface area contributed by atoms with Gasteiger partial charge in [0.25, 0.3) is 0 Å². The fourth-order valence-corrected chi connectivity index (χ4v) is 3.61. The van der Waals surface area contributed by atoms with E-state index in [9.17, 15) is 4.39 Å². The summed E-state index contributed by atoms with van der Waals surface area (Å²) in [6.45, 7) is 4.28. The molecule has 2 saturated heterocycles. The molecule has 0 spiro atoms. The molecule has 0 saturated carbocycles. The van der Waals surface area contributed by atoms with E-state index in [2.05, 4.69) is 25.7 Å². The number of fused-ring (bicyclic) bond motifs is 1. The molecule has 0 amide bonds. The van der Waals surface area contributed by atoms with E-state index in [0.717, 1.165) is 31.7 Å². The maximum Gasteiger partial charge on any atom is 0.139 e. The zero-order valence-electron chi connectivity index (χ0n) is 10.9. The Balaban J connectivity index is 1.86. The molecule has 0 aromatic heterocycles. The summed E-state index contributed by atoms with van der Waals surface area (Å²) in [6, 6.07) is 3.83. The van der Waals surface area contributed by atoms with E-state index >= 15 is 0 Å². The van der Waals surface area contributed by atoms with Crippen LogP contribution in [0.5, 0.6) is 0 Å². The number of hydrogen-bond acceptors (Lipinski definition) is 3. The third-order valence-corrected chi connectivity index (χ3v) is 4.82. The molecule has 2 aliphatic rings. The molecule has 2 heterocycles. The van der Waals surface area contributed by atoms with E-state index in [-0.39, 0.29) is 5.82 Å². The largest absolute Gasteiger partial charge is 0.397 e. The van der Waals surface area contributed by atoms with Crippen molar-refractivity contribution in [3.63, 3.8) is 0 Å². The van der Waals surface area contributed by atoms with Crippen LogP contribution in [0.1, 0.15) is 19.3 Å². The number of nitrogen functional groups attached to an aromatic ring is 1. The van der Waals surface area contributed by atoms with E-state index < -0.39 is 0 Å². The van der Waals surface area contributed by atoms with Gasteiger partial charge in [-0.25, -0.2) is 4.39 Å². The SMILES string of the molecule is Nc1cc(Br)c(F)cc1N1CCCN2CCCC2C1. The molecule has 0 radical (unpaired) electrons. The molecular weight excluding hydrogens is 309 g/mol. The molecule has 1 aromatic carbocycles. The second-order valence-corrected chi connectivity index (χ2v) is 6.31. The lowest BCUT2D eigenvalue weighted by Crippen LogP contribution is -2.36. The summed E-state index contributed by atoms with van der Waals surface area (Å²) in [5, 5.41) is 0. The predicted octanol–water partition coefficient (Wildman–Crippen LogP) is 2.84. The third kappa shape index (κ3) is 2.58. The van der Waals surface area contributed by atoms with Crippen molar-refractivity contribution in [2.24, 2.45) is 0 Å². The molecule has 3 rings (SSSR count). The minimum absolute atomic E-state index is 0.239. The summed E-state index contributed by atoms with van der Waals surface area (Å²) < 4.78 is 14.2. The van der Waals surface area contributed by atoms with Crippen molar-refractivity contribution in [1.82, 2.24) is 4.90 Å². The normalized spacial score (nSPS) is 24.3. The average Bonchev–Trinajstić information content (AvgIpc) is 2.71. The number of nitrogens with two attached hydrogens (primary N) is 1. The number of benzene rings is 1. The summed E-state index contributed by atoms with van der Waals surface area (Å²) in [7, 11) is 0. The highest BCUT2D eigenvalue weighted by atomic mass is 79.9. The maximum absolute atomic E-state index is 13.7. The molecule has 1 unspecified atom stereocenters. The van der Waals surface area contributed by atoms with Gasteiger partial charge in [-0.05, 0) is 47.8 Å². The standard InChI is InChI=1S/C14H19BrFN3/c15-11-7-13(17)14(8-12(11)16)19-6-2-5-18-4-1-3-10(18)9-19/h7-8,10H,1-6,9,17H2. The minimum Gasteiger partial charge on any atom is -0.397 e. The molecule has 2 N–H and O–H groups in total. The van der Waals surface area contributed by atoms with Crippen LogP contribution >= 0.6 is 15.9 Å². The number of hydrogen-bond donors (Lipinski definition) is 1. The van der Waals surface area contributed by atoms with Gasteiger partial charge in [-0.3, -0.25) is 4.90 Å². The summed E-state index contributed by atoms with van der Waals surface area (Å²) in [4.78, 5) is 4.81. The van der Waals surface area contributed by atoms with Gasteiger partial charge in [-0.15, -0.1) is 0 Å². The van der Waals surface area contributed by atoms with Crippen molar-refractivity contribution in [3.05, 3.63) is 22.4 Å². The fraction of sp³-hybridized carbons (Fsp3) is 0.571. The van der Waals surface area contributed by atoms with Crippen molar-refractivity contribution in [2.45, 2.75) is 25.3 Å². The van der Waals surface area contributed by atoms with Crippen LogP contribution in [-0.4, -0.2) is 37.1 Å². The Hall–Kier alpha value is -0.810. The molecule has 5 heteroatoms. The van der Waals surface area contributed by atoms with E-state index in [1.54, 1.807) is 12.1 Å². The number of rotatable bonds is 1. The maximum atomic E-state index is 13.7. The lowest BCUT2D eigenvalue weighted by molar-refractivity contribution is 0.273. The quantitative estimate of drug-likeness (QED) is 0.805. The molecule has 0 aliphatic carbocycles. The number of nitrogens with zero attached hydrogens (tertiary/aromatic N) is 2. The lowest BCUT2D eigenvalue weighted by atomic mass is 10.2. The molecule has 3 nitrogen and oxygen atoms in total. The Labute approximate surface area is 121 Å². The zero-order chi connectivity index (χ0) is 13.4. The van der Waals surface area contributed by atoms with Crippen LogP contribution in [0.4, 0.5) is 15.8 Å². The van der Waals surface area contributed by atoms with Crippen LogP contribution in [0.3, 0.4) is 0 Å². The highest BCUT2D eigenvalue weighted by molar-refractivity contribution is 9.10. The first-order chi connectivity index (χ1) is 9.15. The topological polar surface area (TPSA) is 32.5 Å². The predicted molar refractivity (Wildman–Crippen MR) is 79.9 cm³/mol. The Morgan fingerprint density at radius 2 is 2.00 bits per heavy atom. The smallest absolute Gasteiger partial charge is 0.139 e. The van der Waals surface area contributed by atoms with Crippen LogP contribution in [0.25, 0.3) is 0 Å². The van der Waals surface area contributed by atoms with Crippen molar-refractivity contribution < 1.29 is 4.39 Å². The average molecular weight is 328 g/mol. The lowest BCUT2D eigenvalue weighted by Gasteiger charge is -2.28. The van der Waals surface area contributed by atoms with Gasteiger partial charge in [-0.1, -0.05) is 0 Å². The first kappa shape index (κ1) is 13.2. The molecule has 19 heavy (non-hydrogen) atoms. The van der Waals surface area contributed by atoms with Gasteiger partial charge in [0.1, 0.15) is 5.82 Å². The molecular formula is C14H19BrFN3. The first-order valence-electron chi connectivity index (χ1n) is 6.88. The summed E-state index contributed by atoms with van der Waals surface area (Å²) in [5.41, 5.74) is 7.55. The van der Waals surface area contributed by atoms with Crippen molar-refractivity contribution >= 4 is 27.3 Å². The van der Waals surface area contributed by atoms with Gasteiger partial charge < -0.3 is 10.6 Å². The van der Waals surface area contributed by atoms with E-state index in [1.165, 1.54) is 19.4 Å². The Kier molecular flexibility index (Phi) is 3.67. The van der Waals surface area contributed by atoms with Gasteiger partial charge in [0.15, 0.2) is 0 Å². The van der Waals surface area contributed by atoms with Crippen molar-refractivity contribution in [2.75, 3.05) is 36.8 Å². The van der Waals surface area contributed by atoms with Crippen molar-refractivity contribution in [1.29, 1.82) is 0 Å². The second-order valence-electron chi connectivity index (χ2n) is 5.46. The van der Waals surface area contributed by atoms with E-state index in [0.29, 0.717) is 16.2 Å². The number of anilines is 2. The minimum atomic E-state index is -0.239. The van der Waals surface area contributed by atoms with Crippen molar-refractivity contribution in [3.8, 4) is 0 Å². The summed E-state index contributed by atoms with van der Waals surface area (Å²) in [6.07, 6.45) is 3.64. The van der Waals surface area contributed by atoms with Gasteiger partial charge in [0.2, 0.25) is 0 Å². The highest BCUT2D eigenvalue weighted by Crippen LogP contribution is 2.32. The third-order valence-electron chi connectivity index (χ3n) is 4.21. The molecule has 1 atom stereocenters. The Bertz CT molecular complexity index is 480. The molecule has 2 fully saturated rings. The summed E-state index contributed by atoms with van der Waals surface area (Å²) in [5.74, 6) is -0.239. The highest BCUT2D eigenvalue weighted by Gasteiger charge is 2.29. The molecule has 0 bridgehead atoms. The Morgan fingerprint density at radius 3 is 2.84 bits per heavy atom. The van der Waals surface area contributed by atoms with E-state index in [4.69, 9.17) is 5.73 Å². The molecule has 104 valence electrons. The number of halogens is 2. The van der Waals surface area contributed by atoms with Crippen LogP contribution in [-0.2, 0) is 0 Å². The van der Waals surface area contributed by atoms with Gasteiger partial charge >= 0.3 is 0 Å². The zero-order valence-corrected chi connectivity index (χ0v) is 12.5. The van der Waals surface area contributed by atoms with Crippen LogP contribution in [0, 0.1) is 5.82 Å². The van der Waals surface area contributed by atoms with Gasteiger partial charge in [-0.2, -0.15) is 0 Å². The fourth-order valence-electron chi connectivity index (χ4n) is 3.25. The Morgan fingerprint density at radius 1 is 1.21 bits per heavy atom. The van der Waals surface area contributed by atoms with Gasteiger partial charge in [0.05, 0.1) is 15.8 Å². The van der Waals surface area contributed by atoms with E-state index in [1.807, 2.05) is 0 Å². The van der Waals surface area contributed by atoms with Crippen LogP contribution in [0.2, 0.25) is 0 Å². The summed E-state index contributed by atoms with van der Waals surface area (Å²) >= 11 is 3.18. The molecule has 2 aliphatic heterocycles. The first-order valence-corrected chi connectivity index (χ1v) is 7.68. The molecule has 1 aromatic rings. The van der Waals surface area contributed by atoms with Crippen LogP contribution in [0.15, 0.2) is 16.6 Å². The monoisotopic (exact) mass is 327 g/mol. The van der Waals surface area contributed by atoms with Crippen LogP contribution < -0.4 is 10.6 Å². The second kappa shape index (κ2) is 5.29.